The summed E-state index contributed by atoms with van der Waals surface area (Å²) in [5, 5.41) is 3.00. The molecule has 1 N–H and O–H groups in total. The highest BCUT2D eigenvalue weighted by molar-refractivity contribution is 5.94. The molecule has 0 bridgehead atoms. The molecular formula is C25H32N2O3. The number of benzene rings is 2. The van der Waals surface area contributed by atoms with Gasteiger partial charge in [0.2, 0.25) is 0 Å². The highest BCUT2D eigenvalue weighted by Crippen LogP contribution is 2.17. The van der Waals surface area contributed by atoms with Crippen molar-refractivity contribution >= 4 is 5.91 Å². The van der Waals surface area contributed by atoms with Crippen LogP contribution < -0.4 is 10.1 Å². The summed E-state index contributed by atoms with van der Waals surface area (Å²) in [5.41, 5.74) is 3.09. The van der Waals surface area contributed by atoms with E-state index in [1.54, 1.807) is 0 Å². The fraction of sp³-hybridized carbons (Fsp3) is 0.480. The molecule has 1 unspecified atom stereocenters. The number of piperidine rings is 1. The maximum absolute atomic E-state index is 12.4. The molecule has 2 aromatic carbocycles. The van der Waals surface area contributed by atoms with Crippen LogP contribution >= 0.6 is 0 Å². The summed E-state index contributed by atoms with van der Waals surface area (Å²) in [4.78, 5) is 15.0. The second-order valence-corrected chi connectivity index (χ2v) is 8.31. The molecule has 5 heteroatoms. The lowest BCUT2D eigenvalue weighted by molar-refractivity contribution is 0.0679. The third-order valence-electron chi connectivity index (χ3n) is 5.91. The van der Waals surface area contributed by atoms with E-state index >= 15 is 0 Å². The van der Waals surface area contributed by atoms with E-state index in [9.17, 15) is 4.79 Å². The standard InChI is InChI=1S/C25H32N2O3/c28-25(22-10-12-23(13-11-22)30-19-24-5-4-16-29-24)26-17-20-6-8-21(9-7-20)18-27-14-2-1-3-15-27/h6-13,24H,1-5,14-19H2,(H,26,28). The number of amides is 1. The van der Waals surface area contributed by atoms with Gasteiger partial charge in [0.1, 0.15) is 12.4 Å². The minimum atomic E-state index is -0.0712. The molecular weight excluding hydrogens is 376 g/mol. The monoisotopic (exact) mass is 408 g/mol. The minimum Gasteiger partial charge on any atom is -0.491 e. The lowest BCUT2D eigenvalue weighted by atomic mass is 10.1. The Balaban J connectivity index is 1.21. The topological polar surface area (TPSA) is 50.8 Å². The molecule has 2 aliphatic heterocycles. The Morgan fingerprint density at radius 2 is 1.70 bits per heavy atom. The molecule has 2 aromatic rings. The summed E-state index contributed by atoms with van der Waals surface area (Å²) in [6.07, 6.45) is 6.34. The summed E-state index contributed by atoms with van der Waals surface area (Å²) in [7, 11) is 0. The van der Waals surface area contributed by atoms with Crippen LogP contribution in [0.4, 0.5) is 0 Å². The van der Waals surface area contributed by atoms with Crippen molar-refractivity contribution in [3.05, 3.63) is 65.2 Å². The largest absolute Gasteiger partial charge is 0.491 e. The number of likely N-dealkylation sites (tertiary alicyclic amines) is 1. The second-order valence-electron chi connectivity index (χ2n) is 8.31. The van der Waals surface area contributed by atoms with E-state index in [2.05, 4.69) is 34.5 Å². The number of ether oxygens (including phenoxy) is 2. The number of carbonyl (C=O) groups is 1. The SMILES string of the molecule is O=C(NCc1ccc(CN2CCCCC2)cc1)c1ccc(OCC2CCCO2)cc1. The molecule has 0 aliphatic carbocycles. The van der Waals surface area contributed by atoms with Crippen molar-refractivity contribution in [2.45, 2.75) is 51.3 Å². The maximum atomic E-state index is 12.4. The zero-order chi connectivity index (χ0) is 20.6. The van der Waals surface area contributed by atoms with Crippen LogP contribution in [0.15, 0.2) is 48.5 Å². The molecule has 160 valence electrons. The maximum Gasteiger partial charge on any atom is 0.251 e. The molecule has 2 aliphatic rings. The molecule has 0 radical (unpaired) electrons. The highest BCUT2D eigenvalue weighted by atomic mass is 16.5. The second kappa shape index (κ2) is 10.6. The van der Waals surface area contributed by atoms with Crippen molar-refractivity contribution < 1.29 is 14.3 Å². The van der Waals surface area contributed by atoms with Gasteiger partial charge in [0.25, 0.3) is 5.91 Å². The summed E-state index contributed by atoms with van der Waals surface area (Å²) >= 11 is 0. The molecule has 0 spiro atoms. The van der Waals surface area contributed by atoms with Crippen LogP contribution in [0.25, 0.3) is 0 Å². The molecule has 0 saturated carbocycles. The Kier molecular flexibility index (Phi) is 7.38. The molecule has 4 rings (SSSR count). The van der Waals surface area contributed by atoms with Gasteiger partial charge in [-0.2, -0.15) is 0 Å². The fourth-order valence-corrected chi connectivity index (χ4v) is 4.09. The Bertz CT molecular complexity index is 792. The Labute approximate surface area is 179 Å². The van der Waals surface area contributed by atoms with E-state index in [-0.39, 0.29) is 12.0 Å². The van der Waals surface area contributed by atoms with Crippen LogP contribution in [0.1, 0.15) is 53.6 Å². The highest BCUT2D eigenvalue weighted by Gasteiger charge is 2.16. The van der Waals surface area contributed by atoms with Crippen molar-refractivity contribution in [1.82, 2.24) is 10.2 Å². The van der Waals surface area contributed by atoms with E-state index < -0.39 is 0 Å². The molecule has 1 atom stereocenters. The molecule has 2 fully saturated rings. The van der Waals surface area contributed by atoms with Crippen LogP contribution in [0.3, 0.4) is 0 Å². The van der Waals surface area contributed by atoms with Crippen molar-refractivity contribution in [2.24, 2.45) is 0 Å². The van der Waals surface area contributed by atoms with Crippen molar-refractivity contribution in [3.8, 4) is 5.75 Å². The lowest BCUT2D eigenvalue weighted by Gasteiger charge is -2.26. The number of rotatable bonds is 8. The first-order valence-electron chi connectivity index (χ1n) is 11.2. The molecule has 0 aromatic heterocycles. The number of carbonyl (C=O) groups excluding carboxylic acids is 1. The van der Waals surface area contributed by atoms with Gasteiger partial charge in [-0.3, -0.25) is 9.69 Å². The van der Waals surface area contributed by atoms with Crippen LogP contribution in [-0.2, 0) is 17.8 Å². The van der Waals surface area contributed by atoms with Crippen molar-refractivity contribution in [1.29, 1.82) is 0 Å². The van der Waals surface area contributed by atoms with Crippen molar-refractivity contribution in [2.75, 3.05) is 26.3 Å². The summed E-state index contributed by atoms with van der Waals surface area (Å²) in [5.74, 6) is 0.699. The van der Waals surface area contributed by atoms with Gasteiger partial charge in [0, 0.05) is 25.3 Å². The van der Waals surface area contributed by atoms with Gasteiger partial charge in [-0.25, -0.2) is 0 Å². The van der Waals surface area contributed by atoms with Crippen LogP contribution in [0.5, 0.6) is 5.75 Å². The Morgan fingerprint density at radius 3 is 2.40 bits per heavy atom. The normalized spacial score (nSPS) is 19.5. The van der Waals surface area contributed by atoms with E-state index in [1.807, 2.05) is 24.3 Å². The van der Waals surface area contributed by atoms with E-state index in [0.29, 0.717) is 18.7 Å². The fourth-order valence-electron chi connectivity index (χ4n) is 4.09. The van der Waals surface area contributed by atoms with Crippen LogP contribution in [-0.4, -0.2) is 43.2 Å². The molecule has 2 heterocycles. The average Bonchev–Trinajstić information content (AvgIpc) is 3.32. The van der Waals surface area contributed by atoms with Crippen molar-refractivity contribution in [3.63, 3.8) is 0 Å². The zero-order valence-electron chi connectivity index (χ0n) is 17.6. The number of nitrogens with zero attached hydrogens (tertiary/aromatic N) is 1. The quantitative estimate of drug-likeness (QED) is 0.713. The van der Waals surface area contributed by atoms with Gasteiger partial charge < -0.3 is 14.8 Å². The predicted octanol–water partition coefficient (Wildman–Crippen LogP) is 4.16. The molecule has 2 saturated heterocycles. The van der Waals surface area contributed by atoms with Gasteiger partial charge >= 0.3 is 0 Å². The van der Waals surface area contributed by atoms with E-state index in [1.165, 1.54) is 37.9 Å². The molecule has 5 nitrogen and oxygen atoms in total. The Hall–Kier alpha value is -2.37. The smallest absolute Gasteiger partial charge is 0.251 e. The molecule has 30 heavy (non-hydrogen) atoms. The van der Waals surface area contributed by atoms with E-state index in [4.69, 9.17) is 9.47 Å². The summed E-state index contributed by atoms with van der Waals surface area (Å²) in [6.45, 7) is 5.35. The summed E-state index contributed by atoms with van der Waals surface area (Å²) < 4.78 is 11.3. The number of nitrogens with one attached hydrogen (secondary N) is 1. The molecule has 1 amide bonds. The minimum absolute atomic E-state index is 0.0712. The lowest BCUT2D eigenvalue weighted by Crippen LogP contribution is -2.29. The third kappa shape index (κ3) is 6.07. The predicted molar refractivity (Wildman–Crippen MR) is 118 cm³/mol. The first-order valence-corrected chi connectivity index (χ1v) is 11.2. The zero-order valence-corrected chi connectivity index (χ0v) is 17.6. The van der Waals surface area contributed by atoms with Gasteiger partial charge in [-0.1, -0.05) is 30.7 Å². The number of hydrogen-bond donors (Lipinski definition) is 1. The van der Waals surface area contributed by atoms with Gasteiger partial charge in [-0.05, 0) is 74.2 Å². The number of hydrogen-bond acceptors (Lipinski definition) is 4. The van der Waals surface area contributed by atoms with Gasteiger partial charge in [0.05, 0.1) is 6.10 Å². The average molecular weight is 409 g/mol. The van der Waals surface area contributed by atoms with Crippen LogP contribution in [0, 0.1) is 0 Å². The Morgan fingerprint density at radius 1 is 0.967 bits per heavy atom. The van der Waals surface area contributed by atoms with E-state index in [0.717, 1.165) is 37.3 Å². The first-order chi connectivity index (χ1) is 14.8. The third-order valence-corrected chi connectivity index (χ3v) is 5.91. The van der Waals surface area contributed by atoms with Gasteiger partial charge in [-0.15, -0.1) is 0 Å². The summed E-state index contributed by atoms with van der Waals surface area (Å²) in [6, 6.07) is 15.9. The van der Waals surface area contributed by atoms with Crippen LogP contribution in [0.2, 0.25) is 0 Å². The van der Waals surface area contributed by atoms with Gasteiger partial charge in [0.15, 0.2) is 0 Å². The first kappa shape index (κ1) is 20.9.